The van der Waals surface area contributed by atoms with E-state index in [1.165, 1.54) is 84.0 Å². The molecule has 0 saturated heterocycles. The Hall–Kier alpha value is -5.16. The number of carbonyl (C=O) groups excluding carboxylic acids is 1. The SMILES string of the molecule is CS(=O)(=O)C1=CC(=[N+]=[N-])C(=O)c2ccccc21.Cc1ccc(C)c(Cc2cc(Cc3cc(C)c(C)c(Cc4cc(C)ccc4C)c3)cc(C)c2C)c1. The Morgan fingerprint density at radius 3 is 1.46 bits per heavy atom. The summed E-state index contributed by atoms with van der Waals surface area (Å²) in [4.78, 5) is 14.6. The molecule has 5 aromatic carbocycles. The molecule has 0 saturated carbocycles. The number of benzene rings is 5. The van der Waals surface area contributed by atoms with Gasteiger partial charge in [-0.3, -0.25) is 4.79 Å². The first-order valence-corrected chi connectivity index (χ1v) is 19.5. The van der Waals surface area contributed by atoms with Crippen molar-refractivity contribution in [1.29, 1.82) is 0 Å². The van der Waals surface area contributed by atoms with Gasteiger partial charge in [-0.2, -0.15) is 4.79 Å². The second kappa shape index (κ2) is 15.6. The van der Waals surface area contributed by atoms with E-state index in [1.807, 2.05) is 0 Å². The van der Waals surface area contributed by atoms with Crippen LogP contribution in [0.1, 0.15) is 93.8 Å². The van der Waals surface area contributed by atoms with E-state index in [-0.39, 0.29) is 16.2 Å². The maximum Gasteiger partial charge on any atom is 0.364 e. The molecule has 5 nitrogen and oxygen atoms in total. The van der Waals surface area contributed by atoms with Crippen LogP contribution in [0.15, 0.2) is 91.0 Å². The Bertz CT molecular complexity index is 2300. The molecule has 0 spiro atoms. The van der Waals surface area contributed by atoms with Gasteiger partial charge in [-0.25, -0.2) is 8.42 Å². The molecule has 1 aliphatic carbocycles. The number of Topliss-reactive ketones (excluding diaryl/α,β-unsaturated/α-hetero) is 1. The van der Waals surface area contributed by atoms with Gasteiger partial charge in [0, 0.05) is 17.4 Å². The maximum absolute atomic E-state index is 11.8. The maximum atomic E-state index is 11.8. The zero-order chi connectivity index (χ0) is 37.9. The molecule has 0 bridgehead atoms. The number of allylic oxidation sites excluding steroid dienone is 1. The van der Waals surface area contributed by atoms with E-state index in [0.717, 1.165) is 31.6 Å². The lowest BCUT2D eigenvalue weighted by Gasteiger charge is -2.17. The van der Waals surface area contributed by atoms with Gasteiger partial charge in [0.2, 0.25) is 0 Å². The minimum atomic E-state index is -3.49. The molecule has 0 amide bonds. The van der Waals surface area contributed by atoms with Crippen LogP contribution in [0, 0.1) is 55.4 Å². The van der Waals surface area contributed by atoms with Crippen molar-refractivity contribution in [2.24, 2.45) is 0 Å². The summed E-state index contributed by atoms with van der Waals surface area (Å²) in [6.07, 6.45) is 5.10. The molecular formula is C46H48N2O3S. The van der Waals surface area contributed by atoms with Crippen molar-refractivity contribution in [2.75, 3.05) is 6.26 Å². The number of hydrogen-bond donors (Lipinski definition) is 0. The van der Waals surface area contributed by atoms with Crippen molar-refractivity contribution in [3.8, 4) is 0 Å². The van der Waals surface area contributed by atoms with Gasteiger partial charge in [-0.1, -0.05) is 96.1 Å². The van der Waals surface area contributed by atoms with Gasteiger partial charge in [-0.05, 0) is 141 Å². The third kappa shape index (κ3) is 8.65. The van der Waals surface area contributed by atoms with Crippen LogP contribution in [0.25, 0.3) is 10.4 Å². The van der Waals surface area contributed by atoms with Gasteiger partial charge in [0.25, 0.3) is 5.78 Å². The molecule has 5 aromatic rings. The highest BCUT2D eigenvalue weighted by atomic mass is 32.2. The number of sulfone groups is 1. The second-order valence-corrected chi connectivity index (χ2v) is 16.4. The quantitative estimate of drug-likeness (QED) is 0.125. The predicted octanol–water partition coefficient (Wildman–Crippen LogP) is 9.87. The third-order valence-corrected chi connectivity index (χ3v) is 11.4. The van der Waals surface area contributed by atoms with E-state index < -0.39 is 15.6 Å². The van der Waals surface area contributed by atoms with Gasteiger partial charge in [0.1, 0.15) is 0 Å². The normalized spacial score (nSPS) is 12.4. The van der Waals surface area contributed by atoms with E-state index in [2.05, 4.69) is 121 Å². The highest BCUT2D eigenvalue weighted by molar-refractivity contribution is 8.00. The molecule has 6 rings (SSSR count). The van der Waals surface area contributed by atoms with Crippen LogP contribution >= 0.6 is 0 Å². The minimum Gasteiger partial charge on any atom is -0.361 e. The van der Waals surface area contributed by atoms with Crippen LogP contribution in [0.4, 0.5) is 0 Å². The van der Waals surface area contributed by atoms with Crippen LogP contribution in [0.3, 0.4) is 0 Å². The number of ketones is 1. The molecule has 0 fully saturated rings. The summed E-state index contributed by atoms with van der Waals surface area (Å²) < 4.78 is 23.2. The fraction of sp³-hybridized carbons (Fsp3) is 0.261. The summed E-state index contributed by atoms with van der Waals surface area (Å²) in [5, 5.41) is 0. The van der Waals surface area contributed by atoms with Gasteiger partial charge in [0.05, 0.1) is 11.0 Å². The van der Waals surface area contributed by atoms with Crippen LogP contribution in [-0.4, -0.2) is 31.0 Å². The van der Waals surface area contributed by atoms with Crippen LogP contribution in [0.5, 0.6) is 0 Å². The molecule has 0 radical (unpaired) electrons. The standard InChI is InChI=1S/C35H40.C11H8N2O3S/c1-22-9-11-24(3)32(13-22)20-34-18-30(15-26(5)28(34)7)17-31-16-27(6)29(8)35(19-31)21-33-14-23(2)10-12-25(33)4;1-17(15,16)10-6-9(13-12)11(14)8-5-3-2-4-7(8)10/h9-16,18-19H,17,20-21H2,1-8H3;2-6H,1H3. The molecule has 0 atom stereocenters. The van der Waals surface area contributed by atoms with Gasteiger partial charge in [0.15, 0.2) is 9.84 Å². The average Bonchev–Trinajstić information content (AvgIpc) is 3.09. The van der Waals surface area contributed by atoms with E-state index >= 15 is 0 Å². The van der Waals surface area contributed by atoms with Gasteiger partial charge in [-0.15, -0.1) is 0 Å². The zero-order valence-electron chi connectivity index (χ0n) is 31.8. The first-order chi connectivity index (χ1) is 24.5. The first-order valence-electron chi connectivity index (χ1n) is 17.6. The summed E-state index contributed by atoms with van der Waals surface area (Å²) in [5.41, 5.74) is 28.6. The lowest BCUT2D eigenvalue weighted by atomic mass is 9.88. The summed E-state index contributed by atoms with van der Waals surface area (Å²) in [5.74, 6) is -0.490. The molecule has 0 unspecified atom stereocenters. The predicted molar refractivity (Wildman–Crippen MR) is 214 cm³/mol. The second-order valence-electron chi connectivity index (χ2n) is 14.4. The summed E-state index contributed by atoms with van der Waals surface area (Å²) in [6.45, 7) is 17.9. The number of carbonyl (C=O) groups is 1. The average molecular weight is 709 g/mol. The Morgan fingerprint density at radius 2 is 1.02 bits per heavy atom. The fourth-order valence-corrected chi connectivity index (χ4v) is 7.81. The number of nitrogens with zero attached hydrogens (tertiary/aromatic N) is 2. The lowest BCUT2D eigenvalue weighted by Crippen LogP contribution is -2.22. The van der Waals surface area contributed by atoms with Crippen LogP contribution in [-0.2, 0) is 29.1 Å². The minimum absolute atomic E-state index is 0.0134. The number of fused-ring (bicyclic) bond motifs is 1. The van der Waals surface area contributed by atoms with Crippen molar-refractivity contribution in [2.45, 2.75) is 74.7 Å². The van der Waals surface area contributed by atoms with Gasteiger partial charge < -0.3 is 5.53 Å². The van der Waals surface area contributed by atoms with Crippen molar-refractivity contribution >= 4 is 26.2 Å². The molecule has 6 heteroatoms. The molecule has 52 heavy (non-hydrogen) atoms. The van der Waals surface area contributed by atoms with Crippen LogP contribution in [0.2, 0.25) is 0 Å². The molecular weight excluding hydrogens is 661 g/mol. The molecule has 266 valence electrons. The Labute approximate surface area is 309 Å². The van der Waals surface area contributed by atoms with Crippen molar-refractivity contribution in [3.63, 3.8) is 0 Å². The van der Waals surface area contributed by atoms with Crippen molar-refractivity contribution in [1.82, 2.24) is 0 Å². The Morgan fingerprint density at radius 1 is 0.558 bits per heavy atom. The van der Waals surface area contributed by atoms with E-state index in [0.29, 0.717) is 5.56 Å². The molecule has 1 aliphatic rings. The van der Waals surface area contributed by atoms with Crippen LogP contribution < -0.4 is 0 Å². The first kappa shape index (κ1) is 38.1. The van der Waals surface area contributed by atoms with Gasteiger partial charge >= 0.3 is 5.71 Å². The van der Waals surface area contributed by atoms with Crippen molar-refractivity contribution < 1.29 is 18.0 Å². The zero-order valence-corrected chi connectivity index (χ0v) is 32.6. The van der Waals surface area contributed by atoms with E-state index in [9.17, 15) is 13.2 Å². The summed E-state index contributed by atoms with van der Waals surface area (Å²) >= 11 is 0. The summed E-state index contributed by atoms with van der Waals surface area (Å²) in [6, 6.07) is 29.6. The monoisotopic (exact) mass is 708 g/mol. The van der Waals surface area contributed by atoms with E-state index in [1.54, 1.807) is 18.2 Å². The largest absolute Gasteiger partial charge is 0.364 e. The fourth-order valence-electron chi connectivity index (χ4n) is 6.91. The Kier molecular flexibility index (Phi) is 11.4. The topological polar surface area (TPSA) is 87.6 Å². The lowest BCUT2D eigenvalue weighted by molar-refractivity contribution is -0.00437. The molecule has 0 aromatic heterocycles. The van der Waals surface area contributed by atoms with Crippen molar-refractivity contribution in [3.05, 3.63) is 186 Å². The number of aryl methyl sites for hydroxylation is 6. The summed E-state index contributed by atoms with van der Waals surface area (Å²) in [7, 11) is -3.49. The Balaban J connectivity index is 0.000000257. The molecule has 0 heterocycles. The highest BCUT2D eigenvalue weighted by Crippen LogP contribution is 2.29. The smallest absolute Gasteiger partial charge is 0.361 e. The molecule has 0 N–H and O–H groups in total. The third-order valence-electron chi connectivity index (χ3n) is 10.3. The number of rotatable bonds is 7. The number of hydrogen-bond acceptors (Lipinski definition) is 3. The highest BCUT2D eigenvalue weighted by Gasteiger charge is 2.33. The molecule has 0 aliphatic heterocycles. The van der Waals surface area contributed by atoms with E-state index in [4.69, 9.17) is 5.53 Å².